The van der Waals surface area contributed by atoms with Crippen LogP contribution in [0.1, 0.15) is 17.3 Å². The Balaban J connectivity index is 2.18. The van der Waals surface area contributed by atoms with E-state index in [1.165, 1.54) is 6.20 Å². The third-order valence-corrected chi connectivity index (χ3v) is 4.15. The Morgan fingerprint density at radius 3 is 2.88 bits per heavy atom. The van der Waals surface area contributed by atoms with E-state index >= 15 is 0 Å². The van der Waals surface area contributed by atoms with E-state index in [9.17, 15) is 4.79 Å². The van der Waals surface area contributed by atoms with Crippen molar-refractivity contribution >= 4 is 55.8 Å². The van der Waals surface area contributed by atoms with Crippen molar-refractivity contribution in [2.45, 2.75) is 6.92 Å². The zero-order chi connectivity index (χ0) is 17.1. The molecule has 6 heteroatoms. The smallest absolute Gasteiger partial charge is 0.341 e. The van der Waals surface area contributed by atoms with E-state index in [0.29, 0.717) is 22.9 Å². The molecule has 0 amide bonds. The number of rotatable bonds is 4. The van der Waals surface area contributed by atoms with Crippen LogP contribution < -0.4 is 5.32 Å². The van der Waals surface area contributed by atoms with Crippen LogP contribution in [0.5, 0.6) is 0 Å². The minimum Gasteiger partial charge on any atom is -0.462 e. The van der Waals surface area contributed by atoms with Gasteiger partial charge in [0.25, 0.3) is 0 Å². The summed E-state index contributed by atoms with van der Waals surface area (Å²) in [6.45, 7) is 2.07. The zero-order valence-corrected chi connectivity index (χ0v) is 15.2. The van der Waals surface area contributed by atoms with Crippen LogP contribution in [0.15, 0.2) is 53.1 Å². The van der Waals surface area contributed by atoms with Crippen molar-refractivity contribution in [3.8, 4) is 0 Å². The van der Waals surface area contributed by atoms with Crippen molar-refractivity contribution < 1.29 is 9.53 Å². The Morgan fingerprint density at radius 2 is 2.12 bits per heavy atom. The molecular formula is C18H14BrClN2O2. The number of hydrogen-bond acceptors (Lipinski definition) is 4. The average Bonchev–Trinajstić information content (AvgIpc) is 2.55. The second-order valence-electron chi connectivity index (χ2n) is 5.06. The first-order valence-electron chi connectivity index (χ1n) is 7.36. The fourth-order valence-corrected chi connectivity index (χ4v) is 2.93. The Bertz CT molecular complexity index is 915. The van der Waals surface area contributed by atoms with Crippen LogP contribution in [0.25, 0.3) is 10.9 Å². The largest absolute Gasteiger partial charge is 0.462 e. The number of esters is 1. The van der Waals surface area contributed by atoms with E-state index in [1.54, 1.807) is 19.1 Å². The van der Waals surface area contributed by atoms with Gasteiger partial charge in [-0.2, -0.15) is 0 Å². The molecule has 0 saturated heterocycles. The molecular weight excluding hydrogens is 392 g/mol. The molecule has 3 rings (SSSR count). The fourth-order valence-electron chi connectivity index (χ4n) is 2.37. The van der Waals surface area contributed by atoms with E-state index in [0.717, 1.165) is 21.1 Å². The molecule has 0 radical (unpaired) electrons. The number of nitrogens with one attached hydrogen (secondary N) is 1. The number of nitrogens with zero attached hydrogens (tertiary/aromatic N) is 1. The second-order valence-corrected chi connectivity index (χ2v) is 6.42. The number of pyridine rings is 1. The first-order chi connectivity index (χ1) is 11.6. The third kappa shape index (κ3) is 3.52. The molecule has 1 aromatic heterocycles. The fraction of sp³-hybridized carbons (Fsp3) is 0.111. The van der Waals surface area contributed by atoms with E-state index in [1.807, 2.05) is 30.3 Å². The summed E-state index contributed by atoms with van der Waals surface area (Å²) in [7, 11) is 0. The highest BCUT2D eigenvalue weighted by atomic mass is 79.9. The van der Waals surface area contributed by atoms with Gasteiger partial charge in [0, 0.05) is 26.8 Å². The number of carbonyl (C=O) groups is 1. The lowest BCUT2D eigenvalue weighted by Crippen LogP contribution is -2.09. The van der Waals surface area contributed by atoms with E-state index < -0.39 is 5.97 Å². The monoisotopic (exact) mass is 404 g/mol. The average molecular weight is 406 g/mol. The summed E-state index contributed by atoms with van der Waals surface area (Å²) in [5, 5.41) is 4.70. The second kappa shape index (κ2) is 7.20. The van der Waals surface area contributed by atoms with E-state index in [-0.39, 0.29) is 0 Å². The van der Waals surface area contributed by atoms with Gasteiger partial charge >= 0.3 is 5.97 Å². The SMILES string of the molecule is CCOC(=O)c1cnc2ccc(Br)cc2c1Nc1cccc(Cl)c1. The zero-order valence-electron chi connectivity index (χ0n) is 12.8. The molecule has 0 fully saturated rings. The molecule has 122 valence electrons. The molecule has 0 unspecified atom stereocenters. The van der Waals surface area contributed by atoms with Gasteiger partial charge in [0.05, 0.1) is 17.8 Å². The van der Waals surface area contributed by atoms with Gasteiger partial charge < -0.3 is 10.1 Å². The van der Waals surface area contributed by atoms with Gasteiger partial charge in [-0.1, -0.05) is 33.6 Å². The molecule has 1 heterocycles. The maximum absolute atomic E-state index is 12.3. The van der Waals surface area contributed by atoms with Gasteiger partial charge in [-0.3, -0.25) is 4.98 Å². The molecule has 0 bridgehead atoms. The van der Waals surface area contributed by atoms with Gasteiger partial charge in [-0.05, 0) is 43.3 Å². The Morgan fingerprint density at radius 1 is 1.29 bits per heavy atom. The van der Waals surface area contributed by atoms with Crippen molar-refractivity contribution in [1.29, 1.82) is 0 Å². The van der Waals surface area contributed by atoms with E-state index in [2.05, 4.69) is 26.2 Å². The van der Waals surface area contributed by atoms with Gasteiger partial charge in [0.2, 0.25) is 0 Å². The maximum atomic E-state index is 12.3. The summed E-state index contributed by atoms with van der Waals surface area (Å²) in [4.78, 5) is 16.7. The molecule has 0 atom stereocenters. The first-order valence-corrected chi connectivity index (χ1v) is 8.53. The highest BCUT2D eigenvalue weighted by molar-refractivity contribution is 9.10. The predicted molar refractivity (Wildman–Crippen MR) is 100 cm³/mol. The van der Waals surface area contributed by atoms with Crippen LogP contribution >= 0.6 is 27.5 Å². The molecule has 3 aromatic rings. The number of fused-ring (bicyclic) bond motifs is 1. The van der Waals surface area contributed by atoms with Crippen molar-refractivity contribution in [3.05, 3.63) is 63.7 Å². The van der Waals surface area contributed by atoms with Crippen molar-refractivity contribution in [3.63, 3.8) is 0 Å². The van der Waals surface area contributed by atoms with Crippen LogP contribution in [-0.4, -0.2) is 17.6 Å². The van der Waals surface area contributed by atoms with E-state index in [4.69, 9.17) is 16.3 Å². The van der Waals surface area contributed by atoms with Crippen LogP contribution in [0.3, 0.4) is 0 Å². The number of carbonyl (C=O) groups excluding carboxylic acids is 1. The molecule has 0 aliphatic carbocycles. The lowest BCUT2D eigenvalue weighted by Gasteiger charge is -2.14. The summed E-state index contributed by atoms with van der Waals surface area (Å²) in [6, 6.07) is 13.0. The summed E-state index contributed by atoms with van der Waals surface area (Å²) >= 11 is 9.52. The Kier molecular flexibility index (Phi) is 5.02. The summed E-state index contributed by atoms with van der Waals surface area (Å²) < 4.78 is 6.05. The highest BCUT2D eigenvalue weighted by Gasteiger charge is 2.17. The van der Waals surface area contributed by atoms with Gasteiger partial charge in [-0.15, -0.1) is 0 Å². The molecule has 4 nitrogen and oxygen atoms in total. The number of anilines is 2. The lowest BCUT2D eigenvalue weighted by atomic mass is 10.1. The Labute approximate surface area is 152 Å². The number of aromatic nitrogens is 1. The van der Waals surface area contributed by atoms with Crippen LogP contribution in [0, 0.1) is 0 Å². The van der Waals surface area contributed by atoms with Crippen LogP contribution in [0.4, 0.5) is 11.4 Å². The minimum atomic E-state index is -0.420. The number of hydrogen-bond donors (Lipinski definition) is 1. The standard InChI is InChI=1S/C18H14BrClN2O2/c1-2-24-18(23)15-10-21-16-7-6-11(19)8-14(16)17(15)22-13-5-3-4-12(20)9-13/h3-10H,2H2,1H3,(H,21,22). The van der Waals surface area contributed by atoms with Gasteiger partial charge in [-0.25, -0.2) is 4.79 Å². The van der Waals surface area contributed by atoms with Crippen molar-refractivity contribution in [2.75, 3.05) is 11.9 Å². The molecule has 0 aliphatic heterocycles. The highest BCUT2D eigenvalue weighted by Crippen LogP contribution is 2.32. The maximum Gasteiger partial charge on any atom is 0.341 e. The van der Waals surface area contributed by atoms with Crippen LogP contribution in [-0.2, 0) is 4.74 Å². The number of halogens is 2. The number of ether oxygens (including phenoxy) is 1. The normalized spacial score (nSPS) is 10.6. The first kappa shape index (κ1) is 16.7. The Hall–Kier alpha value is -2.11. The topological polar surface area (TPSA) is 51.2 Å². The molecule has 0 spiro atoms. The van der Waals surface area contributed by atoms with Crippen molar-refractivity contribution in [2.24, 2.45) is 0 Å². The lowest BCUT2D eigenvalue weighted by molar-refractivity contribution is 0.0527. The molecule has 24 heavy (non-hydrogen) atoms. The summed E-state index contributed by atoms with van der Waals surface area (Å²) in [6.07, 6.45) is 1.53. The molecule has 1 N–H and O–H groups in total. The molecule has 0 saturated carbocycles. The minimum absolute atomic E-state index is 0.298. The predicted octanol–water partition coefficient (Wildman–Crippen LogP) is 5.57. The summed E-state index contributed by atoms with van der Waals surface area (Å²) in [5.41, 5.74) is 2.57. The molecule has 2 aromatic carbocycles. The quantitative estimate of drug-likeness (QED) is 0.576. The van der Waals surface area contributed by atoms with Crippen molar-refractivity contribution in [1.82, 2.24) is 4.98 Å². The summed E-state index contributed by atoms with van der Waals surface area (Å²) in [5.74, 6) is -0.420. The molecule has 0 aliphatic rings. The number of benzene rings is 2. The van der Waals surface area contributed by atoms with Crippen LogP contribution in [0.2, 0.25) is 5.02 Å². The van der Waals surface area contributed by atoms with Gasteiger partial charge in [0.1, 0.15) is 5.56 Å². The van der Waals surface area contributed by atoms with Gasteiger partial charge in [0.15, 0.2) is 0 Å². The third-order valence-electron chi connectivity index (χ3n) is 3.42.